The third kappa shape index (κ3) is 5.84. The number of carbonyl (C=O) groups is 2. The molecule has 1 aliphatic heterocycles. The van der Waals surface area contributed by atoms with Crippen molar-refractivity contribution in [3.63, 3.8) is 0 Å². The van der Waals surface area contributed by atoms with Crippen molar-refractivity contribution in [1.82, 2.24) is 10.6 Å². The Morgan fingerprint density at radius 3 is 2.11 bits per heavy atom. The summed E-state index contributed by atoms with van der Waals surface area (Å²) in [5.74, 6) is -1.18. The van der Waals surface area contributed by atoms with Crippen molar-refractivity contribution in [1.29, 1.82) is 0 Å². The third-order valence-electron chi connectivity index (χ3n) is 5.14. The monoisotopic (exact) mass is 379 g/mol. The summed E-state index contributed by atoms with van der Waals surface area (Å²) in [5, 5.41) is 5.35. The van der Waals surface area contributed by atoms with Crippen LogP contribution in [0.4, 0.5) is 5.69 Å². The molecule has 2 aromatic carbocycles. The van der Waals surface area contributed by atoms with E-state index in [-0.39, 0.29) is 0 Å². The highest BCUT2D eigenvalue weighted by atomic mass is 16.2. The Morgan fingerprint density at radius 1 is 0.821 bits per heavy atom. The standard InChI is InChI=1S/C23H29N3O2/c1-18-5-7-20(8-6-18)17-25-23(28)22(27)24-14-13-19-9-11-21(12-10-19)26-15-3-2-4-16-26/h5-12H,2-4,13-17H2,1H3,(H,24,27)(H,25,28). The minimum Gasteiger partial charge on any atom is -0.372 e. The van der Waals surface area contributed by atoms with Crippen molar-refractivity contribution in [2.45, 2.75) is 39.2 Å². The van der Waals surface area contributed by atoms with Crippen LogP contribution < -0.4 is 15.5 Å². The van der Waals surface area contributed by atoms with Gasteiger partial charge in [-0.3, -0.25) is 9.59 Å². The molecule has 2 amide bonds. The molecule has 28 heavy (non-hydrogen) atoms. The Hall–Kier alpha value is -2.82. The first-order valence-electron chi connectivity index (χ1n) is 10.1. The lowest BCUT2D eigenvalue weighted by atomic mass is 10.1. The van der Waals surface area contributed by atoms with Crippen molar-refractivity contribution in [3.8, 4) is 0 Å². The molecular weight excluding hydrogens is 350 g/mol. The van der Waals surface area contributed by atoms with Crippen molar-refractivity contribution < 1.29 is 9.59 Å². The van der Waals surface area contributed by atoms with Gasteiger partial charge < -0.3 is 15.5 Å². The number of piperidine rings is 1. The molecule has 2 aromatic rings. The summed E-state index contributed by atoms with van der Waals surface area (Å²) in [5.41, 5.74) is 4.56. The molecule has 3 rings (SSSR count). The zero-order chi connectivity index (χ0) is 19.8. The second-order valence-corrected chi connectivity index (χ2v) is 7.39. The molecule has 148 valence electrons. The lowest BCUT2D eigenvalue weighted by Crippen LogP contribution is -2.40. The maximum absolute atomic E-state index is 11.9. The molecule has 0 saturated carbocycles. The van der Waals surface area contributed by atoms with Gasteiger partial charge in [-0.15, -0.1) is 0 Å². The molecular formula is C23H29N3O2. The molecule has 5 nitrogen and oxygen atoms in total. The summed E-state index contributed by atoms with van der Waals surface area (Å²) in [6.45, 7) is 5.07. The van der Waals surface area contributed by atoms with Gasteiger partial charge in [-0.05, 0) is 55.9 Å². The minimum atomic E-state index is -0.596. The predicted molar refractivity (Wildman–Crippen MR) is 112 cm³/mol. The quantitative estimate of drug-likeness (QED) is 0.759. The molecule has 0 bridgehead atoms. The van der Waals surface area contributed by atoms with Gasteiger partial charge in [0.25, 0.3) is 0 Å². The fourth-order valence-corrected chi connectivity index (χ4v) is 3.39. The molecule has 1 fully saturated rings. The minimum absolute atomic E-state index is 0.352. The van der Waals surface area contributed by atoms with Gasteiger partial charge in [0.1, 0.15) is 0 Å². The molecule has 1 aliphatic rings. The lowest BCUT2D eigenvalue weighted by Gasteiger charge is -2.28. The van der Waals surface area contributed by atoms with Crippen molar-refractivity contribution in [3.05, 3.63) is 65.2 Å². The van der Waals surface area contributed by atoms with Gasteiger partial charge in [0, 0.05) is 31.9 Å². The SMILES string of the molecule is Cc1ccc(CNC(=O)C(=O)NCCc2ccc(N3CCCCC3)cc2)cc1. The maximum Gasteiger partial charge on any atom is 0.309 e. The van der Waals surface area contributed by atoms with Crippen molar-refractivity contribution >= 4 is 17.5 Å². The second kappa shape index (κ2) is 9.93. The van der Waals surface area contributed by atoms with Gasteiger partial charge in [0.2, 0.25) is 0 Å². The summed E-state index contributed by atoms with van der Waals surface area (Å²) in [6.07, 6.45) is 4.56. The summed E-state index contributed by atoms with van der Waals surface area (Å²) >= 11 is 0. The molecule has 0 radical (unpaired) electrons. The smallest absolute Gasteiger partial charge is 0.309 e. The number of benzene rings is 2. The molecule has 1 saturated heterocycles. The number of nitrogens with one attached hydrogen (secondary N) is 2. The molecule has 0 spiro atoms. The fraction of sp³-hybridized carbons (Fsp3) is 0.391. The Kier molecular flexibility index (Phi) is 7.06. The number of amides is 2. The number of hydrogen-bond acceptors (Lipinski definition) is 3. The zero-order valence-electron chi connectivity index (χ0n) is 16.5. The van der Waals surface area contributed by atoms with Gasteiger partial charge >= 0.3 is 11.8 Å². The first kappa shape index (κ1) is 19.9. The van der Waals surface area contributed by atoms with Gasteiger partial charge in [0.15, 0.2) is 0 Å². The van der Waals surface area contributed by atoms with E-state index in [9.17, 15) is 9.59 Å². The van der Waals surface area contributed by atoms with Crippen LogP contribution in [-0.4, -0.2) is 31.4 Å². The molecule has 0 aromatic heterocycles. The summed E-state index contributed by atoms with van der Waals surface area (Å²) < 4.78 is 0. The Labute approximate surface area is 167 Å². The summed E-state index contributed by atoms with van der Waals surface area (Å²) in [4.78, 5) is 26.3. The largest absolute Gasteiger partial charge is 0.372 e. The highest BCUT2D eigenvalue weighted by molar-refractivity contribution is 6.35. The molecule has 1 heterocycles. The third-order valence-corrected chi connectivity index (χ3v) is 5.14. The van der Waals surface area contributed by atoms with E-state index in [0.717, 1.165) is 29.8 Å². The fourth-order valence-electron chi connectivity index (χ4n) is 3.39. The highest BCUT2D eigenvalue weighted by Crippen LogP contribution is 2.20. The average molecular weight is 380 g/mol. The van der Waals surface area contributed by atoms with Crippen LogP contribution in [0.15, 0.2) is 48.5 Å². The number of rotatable bonds is 6. The molecule has 0 unspecified atom stereocenters. The van der Waals surface area contributed by atoms with E-state index < -0.39 is 11.8 Å². The van der Waals surface area contributed by atoms with Crippen LogP contribution in [0.5, 0.6) is 0 Å². The van der Waals surface area contributed by atoms with Crippen LogP contribution in [0.1, 0.15) is 36.0 Å². The van der Waals surface area contributed by atoms with E-state index in [1.165, 1.54) is 24.9 Å². The number of nitrogens with zero attached hydrogens (tertiary/aromatic N) is 1. The summed E-state index contributed by atoms with van der Waals surface area (Å²) in [6, 6.07) is 16.4. The van der Waals surface area contributed by atoms with Gasteiger partial charge in [0.05, 0.1) is 0 Å². The van der Waals surface area contributed by atoms with E-state index in [0.29, 0.717) is 19.5 Å². The van der Waals surface area contributed by atoms with Crippen LogP contribution >= 0.6 is 0 Å². The molecule has 5 heteroatoms. The average Bonchev–Trinajstić information content (AvgIpc) is 2.74. The first-order valence-corrected chi connectivity index (χ1v) is 10.1. The van der Waals surface area contributed by atoms with Gasteiger partial charge in [-0.25, -0.2) is 0 Å². The van der Waals surface area contributed by atoms with Crippen LogP contribution in [0.3, 0.4) is 0 Å². The number of anilines is 1. The lowest BCUT2D eigenvalue weighted by molar-refractivity contribution is -0.139. The normalized spacial score (nSPS) is 13.8. The van der Waals surface area contributed by atoms with Crippen LogP contribution in [0, 0.1) is 6.92 Å². The van der Waals surface area contributed by atoms with E-state index in [2.05, 4.69) is 39.8 Å². The van der Waals surface area contributed by atoms with E-state index in [1.54, 1.807) is 0 Å². The van der Waals surface area contributed by atoms with E-state index in [4.69, 9.17) is 0 Å². The molecule has 2 N–H and O–H groups in total. The first-order chi connectivity index (χ1) is 13.6. The van der Waals surface area contributed by atoms with E-state index in [1.807, 2.05) is 31.2 Å². The summed E-state index contributed by atoms with van der Waals surface area (Å²) in [7, 11) is 0. The van der Waals surface area contributed by atoms with Crippen LogP contribution in [0.2, 0.25) is 0 Å². The number of hydrogen-bond donors (Lipinski definition) is 2. The van der Waals surface area contributed by atoms with Gasteiger partial charge in [-0.1, -0.05) is 42.0 Å². The van der Waals surface area contributed by atoms with E-state index >= 15 is 0 Å². The zero-order valence-corrected chi connectivity index (χ0v) is 16.5. The van der Waals surface area contributed by atoms with Crippen LogP contribution in [-0.2, 0) is 22.6 Å². The van der Waals surface area contributed by atoms with Crippen molar-refractivity contribution in [2.24, 2.45) is 0 Å². The van der Waals surface area contributed by atoms with Crippen molar-refractivity contribution in [2.75, 3.05) is 24.5 Å². The Bertz CT molecular complexity index is 778. The molecule has 0 aliphatic carbocycles. The highest BCUT2D eigenvalue weighted by Gasteiger charge is 2.13. The predicted octanol–water partition coefficient (Wildman–Crippen LogP) is 2.96. The van der Waals surface area contributed by atoms with Crippen LogP contribution in [0.25, 0.3) is 0 Å². The Balaban J connectivity index is 1.38. The maximum atomic E-state index is 11.9. The number of carbonyl (C=O) groups excluding carboxylic acids is 2. The second-order valence-electron chi connectivity index (χ2n) is 7.39. The number of aryl methyl sites for hydroxylation is 1. The van der Waals surface area contributed by atoms with Gasteiger partial charge in [-0.2, -0.15) is 0 Å². The topological polar surface area (TPSA) is 61.4 Å². The molecule has 0 atom stereocenters. The Morgan fingerprint density at radius 2 is 1.43 bits per heavy atom.